The van der Waals surface area contributed by atoms with E-state index in [4.69, 9.17) is 4.74 Å². The molecule has 6 heteroatoms. The molecule has 1 aliphatic heterocycles. The van der Waals surface area contributed by atoms with Gasteiger partial charge in [-0.25, -0.2) is 9.18 Å². The van der Waals surface area contributed by atoms with E-state index in [1.807, 2.05) is 30.3 Å². The van der Waals surface area contributed by atoms with Crippen LogP contribution in [-0.4, -0.2) is 44.2 Å². The molecule has 0 radical (unpaired) electrons. The third-order valence-electron chi connectivity index (χ3n) is 5.33. The number of likely N-dealkylation sites (tertiary alicyclic amines) is 1. The Bertz CT molecular complexity index is 799. The third-order valence-corrected chi connectivity index (χ3v) is 5.33. The number of piperidine rings is 1. The van der Waals surface area contributed by atoms with Crippen molar-refractivity contribution in [2.75, 3.05) is 38.6 Å². The monoisotopic (exact) mass is 399 g/mol. The molecule has 0 bridgehead atoms. The number of urea groups is 1. The average molecular weight is 400 g/mol. The van der Waals surface area contributed by atoms with Crippen LogP contribution in [0.4, 0.5) is 14.9 Å². The highest BCUT2D eigenvalue weighted by Crippen LogP contribution is 2.22. The first-order valence-corrected chi connectivity index (χ1v) is 10.3. The number of nitrogens with one attached hydrogen (secondary N) is 2. The normalized spacial score (nSPS) is 17.0. The van der Waals surface area contributed by atoms with Gasteiger partial charge in [0.05, 0.1) is 7.11 Å². The van der Waals surface area contributed by atoms with E-state index in [0.29, 0.717) is 23.9 Å². The van der Waals surface area contributed by atoms with Crippen molar-refractivity contribution in [1.29, 1.82) is 0 Å². The molecule has 2 aromatic rings. The van der Waals surface area contributed by atoms with Gasteiger partial charge in [0, 0.05) is 24.8 Å². The van der Waals surface area contributed by atoms with Gasteiger partial charge in [-0.1, -0.05) is 24.3 Å². The molecule has 1 unspecified atom stereocenters. The topological polar surface area (TPSA) is 53.6 Å². The minimum absolute atomic E-state index is 0.101. The highest BCUT2D eigenvalue weighted by Gasteiger charge is 2.20. The maximum absolute atomic E-state index is 13.9. The minimum atomic E-state index is -0.214. The van der Waals surface area contributed by atoms with Gasteiger partial charge < -0.3 is 20.3 Å². The molecule has 1 heterocycles. The molecule has 2 aromatic carbocycles. The fraction of sp³-hybridized carbons (Fsp3) is 0.435. The van der Waals surface area contributed by atoms with E-state index in [1.54, 1.807) is 19.2 Å². The van der Waals surface area contributed by atoms with Crippen LogP contribution < -0.4 is 15.4 Å². The molecule has 1 saturated heterocycles. The first-order valence-electron chi connectivity index (χ1n) is 10.3. The summed E-state index contributed by atoms with van der Waals surface area (Å²) in [4.78, 5) is 14.5. The van der Waals surface area contributed by atoms with Crippen molar-refractivity contribution in [3.8, 4) is 5.75 Å². The van der Waals surface area contributed by atoms with Gasteiger partial charge in [0.15, 0.2) is 0 Å². The molecule has 5 nitrogen and oxygen atoms in total. The summed E-state index contributed by atoms with van der Waals surface area (Å²) in [5.74, 6) is 1.10. The summed E-state index contributed by atoms with van der Waals surface area (Å²) in [7, 11) is 1.60. The van der Waals surface area contributed by atoms with Crippen LogP contribution in [0.2, 0.25) is 0 Å². The number of ether oxygens (including phenoxy) is 1. The van der Waals surface area contributed by atoms with E-state index < -0.39 is 0 Å². The predicted octanol–water partition coefficient (Wildman–Crippen LogP) is 4.30. The summed E-state index contributed by atoms with van der Waals surface area (Å²) >= 11 is 0. The standard InChI is InChI=1S/C23H30FN3O2/c1-29-21-10-4-9-20(16-21)26-23(28)25-12-6-14-27-13-5-7-18(17-27)15-19-8-2-3-11-22(19)24/h2-4,8-11,16,18H,5-7,12-15,17H2,1H3,(H2,25,26,28). The summed E-state index contributed by atoms with van der Waals surface area (Å²) in [5.41, 5.74) is 1.52. The third kappa shape index (κ3) is 6.75. The lowest BCUT2D eigenvalue weighted by Gasteiger charge is -2.33. The number of nitrogens with zero attached hydrogens (tertiary/aromatic N) is 1. The molecular weight excluding hydrogens is 369 g/mol. The lowest BCUT2D eigenvalue weighted by Crippen LogP contribution is -2.38. The van der Waals surface area contributed by atoms with Crippen LogP contribution in [0.3, 0.4) is 0 Å². The molecule has 1 aliphatic rings. The van der Waals surface area contributed by atoms with Crippen molar-refractivity contribution < 1.29 is 13.9 Å². The summed E-state index contributed by atoms with van der Waals surface area (Å²) in [5, 5.41) is 5.72. The zero-order valence-corrected chi connectivity index (χ0v) is 17.0. The maximum Gasteiger partial charge on any atom is 0.319 e. The molecule has 1 atom stereocenters. The summed E-state index contributed by atoms with van der Waals surface area (Å²) < 4.78 is 19.1. The zero-order chi connectivity index (χ0) is 20.5. The van der Waals surface area contributed by atoms with Gasteiger partial charge in [0.2, 0.25) is 0 Å². The maximum atomic E-state index is 13.9. The van der Waals surface area contributed by atoms with Gasteiger partial charge in [-0.05, 0) is 68.5 Å². The predicted molar refractivity (Wildman–Crippen MR) is 114 cm³/mol. The van der Waals surface area contributed by atoms with E-state index in [2.05, 4.69) is 15.5 Å². The number of rotatable bonds is 8. The van der Waals surface area contributed by atoms with Crippen molar-refractivity contribution in [1.82, 2.24) is 10.2 Å². The van der Waals surface area contributed by atoms with Crippen LogP contribution in [0.25, 0.3) is 0 Å². The number of hydrogen-bond acceptors (Lipinski definition) is 3. The van der Waals surface area contributed by atoms with Gasteiger partial charge in [-0.3, -0.25) is 0 Å². The van der Waals surface area contributed by atoms with Crippen molar-refractivity contribution in [2.45, 2.75) is 25.7 Å². The second kappa shape index (κ2) is 10.8. The Balaban J connectivity index is 1.35. The summed E-state index contributed by atoms with van der Waals surface area (Å²) in [6.07, 6.45) is 3.97. The van der Waals surface area contributed by atoms with Crippen LogP contribution in [0.5, 0.6) is 5.75 Å². The van der Waals surface area contributed by atoms with E-state index in [-0.39, 0.29) is 11.8 Å². The number of hydrogen-bond donors (Lipinski definition) is 2. The number of methoxy groups -OCH3 is 1. The molecule has 29 heavy (non-hydrogen) atoms. The van der Waals surface area contributed by atoms with E-state index in [0.717, 1.165) is 50.9 Å². The molecular formula is C23H30FN3O2. The molecule has 156 valence electrons. The van der Waals surface area contributed by atoms with Gasteiger partial charge in [-0.2, -0.15) is 0 Å². The van der Waals surface area contributed by atoms with E-state index >= 15 is 0 Å². The number of carbonyl (C=O) groups is 1. The van der Waals surface area contributed by atoms with Crippen molar-refractivity contribution in [3.05, 3.63) is 59.9 Å². The van der Waals surface area contributed by atoms with Crippen molar-refractivity contribution in [2.24, 2.45) is 5.92 Å². The van der Waals surface area contributed by atoms with Gasteiger partial charge in [0.1, 0.15) is 11.6 Å². The van der Waals surface area contributed by atoms with Gasteiger partial charge in [0.25, 0.3) is 0 Å². The van der Waals surface area contributed by atoms with Gasteiger partial charge >= 0.3 is 6.03 Å². The molecule has 2 N–H and O–H groups in total. The number of amides is 2. The lowest BCUT2D eigenvalue weighted by atomic mass is 9.91. The Kier molecular flexibility index (Phi) is 7.87. The Morgan fingerprint density at radius 2 is 2.10 bits per heavy atom. The quantitative estimate of drug-likeness (QED) is 0.651. The van der Waals surface area contributed by atoms with Crippen LogP contribution in [0.15, 0.2) is 48.5 Å². The fourth-order valence-corrected chi connectivity index (χ4v) is 3.88. The SMILES string of the molecule is COc1cccc(NC(=O)NCCCN2CCCC(Cc3ccccc3F)C2)c1. The Morgan fingerprint density at radius 1 is 1.24 bits per heavy atom. The summed E-state index contributed by atoms with van der Waals surface area (Å²) in [6.45, 7) is 3.62. The Hall–Kier alpha value is -2.60. The second-order valence-electron chi connectivity index (χ2n) is 7.57. The van der Waals surface area contributed by atoms with Crippen molar-refractivity contribution >= 4 is 11.7 Å². The Morgan fingerprint density at radius 3 is 2.93 bits per heavy atom. The van der Waals surface area contributed by atoms with Gasteiger partial charge in [-0.15, -0.1) is 0 Å². The molecule has 0 saturated carbocycles. The first kappa shape index (κ1) is 21.1. The van der Waals surface area contributed by atoms with Crippen LogP contribution >= 0.6 is 0 Å². The molecule has 3 rings (SSSR count). The molecule has 0 aliphatic carbocycles. The highest BCUT2D eigenvalue weighted by atomic mass is 19.1. The number of carbonyl (C=O) groups excluding carboxylic acids is 1. The largest absolute Gasteiger partial charge is 0.497 e. The molecule has 2 amide bonds. The zero-order valence-electron chi connectivity index (χ0n) is 17.0. The number of anilines is 1. The molecule has 0 aromatic heterocycles. The smallest absolute Gasteiger partial charge is 0.319 e. The number of benzene rings is 2. The average Bonchev–Trinajstić information content (AvgIpc) is 2.73. The van der Waals surface area contributed by atoms with Crippen LogP contribution in [0, 0.1) is 11.7 Å². The molecule has 0 spiro atoms. The van der Waals surface area contributed by atoms with E-state index in [1.165, 1.54) is 6.07 Å². The second-order valence-corrected chi connectivity index (χ2v) is 7.57. The minimum Gasteiger partial charge on any atom is -0.497 e. The highest BCUT2D eigenvalue weighted by molar-refractivity contribution is 5.89. The van der Waals surface area contributed by atoms with Crippen molar-refractivity contribution in [3.63, 3.8) is 0 Å². The Labute approximate surface area is 172 Å². The van der Waals surface area contributed by atoms with E-state index in [9.17, 15) is 9.18 Å². The number of halogens is 1. The first-order chi connectivity index (χ1) is 14.1. The van der Waals surface area contributed by atoms with Crippen LogP contribution in [0.1, 0.15) is 24.8 Å². The summed E-state index contributed by atoms with van der Waals surface area (Å²) in [6, 6.07) is 14.1. The lowest BCUT2D eigenvalue weighted by molar-refractivity contribution is 0.172. The fourth-order valence-electron chi connectivity index (χ4n) is 3.88. The van der Waals surface area contributed by atoms with Crippen LogP contribution in [-0.2, 0) is 6.42 Å². The molecule has 1 fully saturated rings.